The van der Waals surface area contributed by atoms with Crippen molar-refractivity contribution in [2.45, 2.75) is 57.8 Å². The molecule has 2 fully saturated rings. The van der Waals surface area contributed by atoms with Crippen molar-refractivity contribution in [1.82, 2.24) is 0 Å². The monoisotopic (exact) mass is 269 g/mol. The average Bonchev–Trinajstić information content (AvgIpc) is 2.90. The summed E-state index contributed by atoms with van der Waals surface area (Å²) in [5.74, 6) is 0.702. The van der Waals surface area contributed by atoms with Crippen molar-refractivity contribution in [2.24, 2.45) is 10.9 Å². The van der Waals surface area contributed by atoms with E-state index in [-0.39, 0.29) is 42.5 Å². The summed E-state index contributed by atoms with van der Waals surface area (Å²) in [5, 5.41) is 0. The van der Waals surface area contributed by atoms with Crippen molar-refractivity contribution in [2.75, 3.05) is 6.61 Å². The summed E-state index contributed by atoms with van der Waals surface area (Å²) in [5.41, 5.74) is 0. The average molecular weight is 269 g/mol. The molecule has 6 nitrogen and oxygen atoms in total. The quantitative estimate of drug-likeness (QED) is 0.712. The zero-order chi connectivity index (χ0) is 13.6. The summed E-state index contributed by atoms with van der Waals surface area (Å²) in [6.45, 7) is 6.14. The highest BCUT2D eigenvalue weighted by atomic mass is 16.7. The van der Waals surface area contributed by atoms with Gasteiger partial charge in [0.1, 0.15) is 18.2 Å². The van der Waals surface area contributed by atoms with Crippen LogP contribution in [0.15, 0.2) is 4.99 Å². The highest BCUT2D eigenvalue weighted by Crippen LogP contribution is 2.37. The molecule has 0 aliphatic carbocycles. The third-order valence-electron chi connectivity index (χ3n) is 3.53. The molecule has 0 bridgehead atoms. The third kappa shape index (κ3) is 2.34. The zero-order valence-electron chi connectivity index (χ0n) is 11.4. The molecule has 3 rings (SSSR count). The molecule has 6 heteroatoms. The minimum atomic E-state index is -0.387. The van der Waals surface area contributed by atoms with E-state index in [0.29, 0.717) is 18.9 Å². The zero-order valence-corrected chi connectivity index (χ0v) is 11.4. The lowest BCUT2D eigenvalue weighted by Gasteiger charge is -2.18. The van der Waals surface area contributed by atoms with Crippen molar-refractivity contribution in [3.8, 4) is 0 Å². The topological polar surface area (TPSA) is 66.3 Å². The Balaban J connectivity index is 1.61. The Morgan fingerprint density at radius 1 is 1.47 bits per heavy atom. The number of rotatable bonds is 3. The van der Waals surface area contributed by atoms with Crippen LogP contribution in [0.25, 0.3) is 0 Å². The van der Waals surface area contributed by atoms with E-state index in [1.807, 2.05) is 13.8 Å². The molecule has 0 radical (unpaired) electrons. The summed E-state index contributed by atoms with van der Waals surface area (Å²) in [4.78, 5) is 16.1. The van der Waals surface area contributed by atoms with E-state index in [0.717, 1.165) is 0 Å². The van der Waals surface area contributed by atoms with Gasteiger partial charge < -0.3 is 18.9 Å². The van der Waals surface area contributed by atoms with Gasteiger partial charge in [-0.2, -0.15) is 0 Å². The van der Waals surface area contributed by atoms with Gasteiger partial charge in [0.2, 0.25) is 6.29 Å². The minimum absolute atomic E-state index is 0.126. The van der Waals surface area contributed by atoms with Crippen LogP contribution >= 0.6 is 0 Å². The lowest BCUT2D eigenvalue weighted by atomic mass is 10.1. The SMILES string of the molecule is CC1=N[C@H]2[C@@H](O1)O[C@H]1[C@@H]2OC[C@H]1OC(=O)CC(C)C. The number of aliphatic imine (C=N–C) groups is 1. The van der Waals surface area contributed by atoms with Gasteiger partial charge in [-0.15, -0.1) is 0 Å². The Hall–Kier alpha value is -1.14. The van der Waals surface area contributed by atoms with Gasteiger partial charge in [-0.3, -0.25) is 4.79 Å². The third-order valence-corrected chi connectivity index (χ3v) is 3.53. The fourth-order valence-electron chi connectivity index (χ4n) is 2.75. The van der Waals surface area contributed by atoms with Crippen LogP contribution in [0.1, 0.15) is 27.2 Å². The first kappa shape index (κ1) is 12.9. The van der Waals surface area contributed by atoms with Crippen molar-refractivity contribution in [3.63, 3.8) is 0 Å². The Bertz CT molecular complexity index is 408. The molecule has 0 saturated carbocycles. The molecule has 19 heavy (non-hydrogen) atoms. The van der Waals surface area contributed by atoms with Gasteiger partial charge in [0.05, 0.1) is 6.61 Å². The van der Waals surface area contributed by atoms with Crippen molar-refractivity contribution >= 4 is 11.9 Å². The normalized spacial score (nSPS) is 39.8. The number of hydrogen-bond acceptors (Lipinski definition) is 6. The molecule has 0 aromatic carbocycles. The molecule has 0 unspecified atom stereocenters. The fraction of sp³-hybridized carbons (Fsp3) is 0.846. The van der Waals surface area contributed by atoms with Crippen LogP contribution in [0.3, 0.4) is 0 Å². The molecule has 3 heterocycles. The van der Waals surface area contributed by atoms with Crippen LogP contribution in [0.2, 0.25) is 0 Å². The second-order valence-corrected chi connectivity index (χ2v) is 5.65. The first-order chi connectivity index (χ1) is 9.04. The highest BCUT2D eigenvalue weighted by molar-refractivity contribution is 5.75. The minimum Gasteiger partial charge on any atom is -0.457 e. The van der Waals surface area contributed by atoms with Gasteiger partial charge in [0.25, 0.3) is 0 Å². The van der Waals surface area contributed by atoms with E-state index >= 15 is 0 Å². The maximum Gasteiger partial charge on any atom is 0.306 e. The summed E-state index contributed by atoms with van der Waals surface area (Å²) in [7, 11) is 0. The Kier molecular flexibility index (Phi) is 3.22. The lowest BCUT2D eigenvalue weighted by molar-refractivity contribution is -0.161. The predicted molar refractivity (Wildman–Crippen MR) is 65.7 cm³/mol. The standard InChI is InChI=1S/C13H19NO5/c1-6(2)4-9(15)18-8-5-16-12-10-13(19-11(8)12)17-7(3)14-10/h6,8,10-13H,4-5H2,1-3H3/t8-,10-,11-,12-,13+/m1/s1. The lowest BCUT2D eigenvalue weighted by Crippen LogP contribution is -2.34. The molecule has 106 valence electrons. The van der Waals surface area contributed by atoms with E-state index in [2.05, 4.69) is 4.99 Å². The number of nitrogens with zero attached hydrogens (tertiary/aromatic N) is 1. The van der Waals surface area contributed by atoms with Crippen LogP contribution in [-0.2, 0) is 23.7 Å². The van der Waals surface area contributed by atoms with Crippen molar-refractivity contribution in [1.29, 1.82) is 0 Å². The van der Waals surface area contributed by atoms with Crippen LogP contribution in [-0.4, -0.2) is 49.1 Å². The number of hydrogen-bond donors (Lipinski definition) is 0. The van der Waals surface area contributed by atoms with Crippen molar-refractivity contribution < 1.29 is 23.7 Å². The number of ether oxygens (including phenoxy) is 4. The second-order valence-electron chi connectivity index (χ2n) is 5.65. The van der Waals surface area contributed by atoms with Gasteiger partial charge in [-0.05, 0) is 5.92 Å². The van der Waals surface area contributed by atoms with Crippen LogP contribution in [0, 0.1) is 5.92 Å². The maximum atomic E-state index is 11.7. The number of esters is 1. The van der Waals surface area contributed by atoms with Crippen LogP contribution < -0.4 is 0 Å². The molecule has 0 amide bonds. The summed E-state index contributed by atoms with van der Waals surface area (Å²) in [6.07, 6.45) is -0.751. The number of carbonyl (C=O) groups is 1. The molecule has 0 spiro atoms. The van der Waals surface area contributed by atoms with Gasteiger partial charge in [0.15, 0.2) is 12.0 Å². The van der Waals surface area contributed by atoms with Crippen molar-refractivity contribution in [3.05, 3.63) is 0 Å². The molecule has 3 aliphatic heterocycles. The van der Waals surface area contributed by atoms with E-state index < -0.39 is 0 Å². The number of carbonyl (C=O) groups excluding carboxylic acids is 1. The van der Waals surface area contributed by atoms with E-state index in [9.17, 15) is 4.79 Å². The summed E-state index contributed by atoms with van der Waals surface area (Å²) < 4.78 is 22.3. The van der Waals surface area contributed by atoms with E-state index in [4.69, 9.17) is 18.9 Å². The van der Waals surface area contributed by atoms with E-state index in [1.54, 1.807) is 6.92 Å². The highest BCUT2D eigenvalue weighted by Gasteiger charge is 2.57. The predicted octanol–water partition coefficient (Wildman–Crippen LogP) is 0.885. The number of fused-ring (bicyclic) bond motifs is 3. The molecule has 2 saturated heterocycles. The molecular formula is C13H19NO5. The van der Waals surface area contributed by atoms with E-state index in [1.165, 1.54) is 0 Å². The molecular weight excluding hydrogens is 250 g/mol. The van der Waals surface area contributed by atoms with Gasteiger partial charge in [0, 0.05) is 13.3 Å². The molecule has 5 atom stereocenters. The first-order valence-electron chi connectivity index (χ1n) is 6.72. The van der Waals surface area contributed by atoms with Crippen LogP contribution in [0.4, 0.5) is 0 Å². The smallest absolute Gasteiger partial charge is 0.306 e. The summed E-state index contributed by atoms with van der Waals surface area (Å²) in [6, 6.07) is -0.126. The molecule has 0 aromatic heterocycles. The van der Waals surface area contributed by atoms with Gasteiger partial charge in [-0.25, -0.2) is 4.99 Å². The van der Waals surface area contributed by atoms with Gasteiger partial charge >= 0.3 is 5.97 Å². The van der Waals surface area contributed by atoms with Gasteiger partial charge in [-0.1, -0.05) is 13.8 Å². The second kappa shape index (κ2) is 4.76. The Morgan fingerprint density at radius 3 is 3.00 bits per heavy atom. The van der Waals surface area contributed by atoms with Crippen LogP contribution in [0.5, 0.6) is 0 Å². The first-order valence-corrected chi connectivity index (χ1v) is 6.72. The Labute approximate surface area is 112 Å². The fourth-order valence-corrected chi connectivity index (χ4v) is 2.75. The Morgan fingerprint density at radius 2 is 2.26 bits per heavy atom. The molecule has 3 aliphatic rings. The largest absolute Gasteiger partial charge is 0.457 e. The molecule has 0 aromatic rings. The molecule has 0 N–H and O–H groups in total. The maximum absolute atomic E-state index is 11.7. The summed E-state index contributed by atoms with van der Waals surface area (Å²) >= 11 is 0.